The SMILES string of the molecule is O=C(OCCN1C(=O)c2c(Br)c(Br)c(Br)c(Br)c2C1=O)Oc1c(Cl)cc(Cl)cc1Cl. The summed E-state index contributed by atoms with van der Waals surface area (Å²) in [5.74, 6) is -1.18. The first-order valence-corrected chi connectivity index (χ1v) is 12.1. The zero-order valence-electron chi connectivity index (χ0n) is 14.2. The molecular formula is C17H6Br4Cl3NO5. The van der Waals surface area contributed by atoms with Crippen molar-refractivity contribution < 1.29 is 23.9 Å². The number of nitrogens with zero attached hydrogens (tertiary/aromatic N) is 1. The second-order valence-corrected chi connectivity index (χ2v) is 10.1. The van der Waals surface area contributed by atoms with E-state index in [0.717, 1.165) is 4.90 Å². The van der Waals surface area contributed by atoms with Crippen molar-refractivity contribution >= 4 is 116 Å². The van der Waals surface area contributed by atoms with E-state index in [0.29, 0.717) is 17.9 Å². The Hall–Kier alpha value is -0.360. The van der Waals surface area contributed by atoms with E-state index in [-0.39, 0.29) is 45.1 Å². The van der Waals surface area contributed by atoms with Gasteiger partial charge in [-0.3, -0.25) is 14.5 Å². The molecule has 3 rings (SSSR count). The molecule has 0 saturated heterocycles. The van der Waals surface area contributed by atoms with Crippen LogP contribution >= 0.6 is 98.5 Å². The van der Waals surface area contributed by atoms with Crippen LogP contribution in [-0.4, -0.2) is 36.0 Å². The van der Waals surface area contributed by atoms with Crippen molar-refractivity contribution in [3.63, 3.8) is 0 Å². The van der Waals surface area contributed by atoms with E-state index in [4.69, 9.17) is 44.3 Å². The van der Waals surface area contributed by atoms with E-state index in [1.165, 1.54) is 12.1 Å². The summed E-state index contributed by atoms with van der Waals surface area (Å²) in [4.78, 5) is 38.4. The number of ether oxygens (including phenoxy) is 2. The van der Waals surface area contributed by atoms with Gasteiger partial charge in [-0.15, -0.1) is 0 Å². The number of amides is 2. The summed E-state index contributed by atoms with van der Waals surface area (Å²) in [6, 6.07) is 2.70. The van der Waals surface area contributed by atoms with Crippen molar-refractivity contribution in [3.05, 3.63) is 56.2 Å². The molecule has 13 heteroatoms. The number of rotatable bonds is 4. The number of benzene rings is 2. The van der Waals surface area contributed by atoms with Crippen molar-refractivity contribution in [2.24, 2.45) is 0 Å². The summed E-state index contributed by atoms with van der Waals surface area (Å²) in [5.41, 5.74) is 0.397. The number of fused-ring (bicyclic) bond motifs is 1. The molecule has 0 aromatic heterocycles. The summed E-state index contributed by atoms with van der Waals surface area (Å²) < 4.78 is 11.9. The van der Waals surface area contributed by atoms with Crippen LogP contribution in [0.3, 0.4) is 0 Å². The Bertz CT molecular complexity index is 1040. The average molecular weight is 730 g/mol. The van der Waals surface area contributed by atoms with Gasteiger partial charge >= 0.3 is 6.16 Å². The van der Waals surface area contributed by atoms with E-state index in [9.17, 15) is 14.4 Å². The number of hydrogen-bond donors (Lipinski definition) is 0. The second kappa shape index (κ2) is 9.64. The van der Waals surface area contributed by atoms with E-state index in [2.05, 4.69) is 63.7 Å². The first kappa shape index (κ1) is 24.3. The number of hydrogen-bond acceptors (Lipinski definition) is 5. The Labute approximate surface area is 218 Å². The predicted molar refractivity (Wildman–Crippen MR) is 126 cm³/mol. The zero-order chi connectivity index (χ0) is 22.3. The number of imide groups is 1. The minimum atomic E-state index is -1.11. The molecule has 6 nitrogen and oxygen atoms in total. The fourth-order valence-electron chi connectivity index (χ4n) is 2.56. The molecule has 1 aliphatic rings. The largest absolute Gasteiger partial charge is 0.514 e. The lowest BCUT2D eigenvalue weighted by molar-refractivity contribution is 0.0562. The molecule has 0 saturated carbocycles. The van der Waals surface area contributed by atoms with E-state index >= 15 is 0 Å². The molecule has 0 fully saturated rings. The average Bonchev–Trinajstić information content (AvgIpc) is 2.92. The highest BCUT2D eigenvalue weighted by Gasteiger charge is 2.40. The van der Waals surface area contributed by atoms with Crippen LogP contribution in [-0.2, 0) is 4.74 Å². The van der Waals surface area contributed by atoms with Crippen LogP contribution in [0.1, 0.15) is 20.7 Å². The molecule has 0 spiro atoms. The first-order chi connectivity index (χ1) is 14.0. The van der Waals surface area contributed by atoms with Gasteiger partial charge in [-0.05, 0) is 75.9 Å². The number of carbonyl (C=O) groups excluding carboxylic acids is 3. The molecule has 0 bridgehead atoms. The maximum absolute atomic E-state index is 12.7. The van der Waals surface area contributed by atoms with E-state index in [1.807, 2.05) is 0 Å². The third-order valence-electron chi connectivity index (χ3n) is 3.87. The summed E-state index contributed by atoms with van der Waals surface area (Å²) in [6.07, 6.45) is -1.11. The summed E-state index contributed by atoms with van der Waals surface area (Å²) >= 11 is 31.0. The minimum absolute atomic E-state index is 0.0238. The Kier molecular flexibility index (Phi) is 7.80. The van der Waals surface area contributed by atoms with Gasteiger partial charge in [-0.25, -0.2) is 4.79 Å². The lowest BCUT2D eigenvalue weighted by Crippen LogP contribution is -2.33. The molecule has 0 aliphatic carbocycles. The standard InChI is InChI=1S/C17H6Br4Cl3NO5/c18-10-8-9(11(19)13(21)12(10)20)16(27)25(15(8)26)1-2-29-17(28)30-14-6(23)3-5(22)4-7(14)24/h3-4H,1-2H2. The van der Waals surface area contributed by atoms with Gasteiger partial charge in [0, 0.05) is 22.9 Å². The summed E-state index contributed by atoms with van der Waals surface area (Å²) in [6.45, 7) is -0.484. The highest BCUT2D eigenvalue weighted by molar-refractivity contribution is 9.15. The molecule has 158 valence electrons. The Balaban J connectivity index is 1.68. The monoisotopic (exact) mass is 725 g/mol. The molecule has 1 aliphatic heterocycles. The molecule has 2 amide bonds. The minimum Gasteiger partial charge on any atom is -0.432 e. The van der Waals surface area contributed by atoms with Crippen molar-refractivity contribution in [2.75, 3.05) is 13.2 Å². The van der Waals surface area contributed by atoms with Crippen LogP contribution in [0.5, 0.6) is 5.75 Å². The van der Waals surface area contributed by atoms with Crippen LogP contribution in [0.25, 0.3) is 0 Å². The number of halogens is 7. The maximum atomic E-state index is 12.7. The molecule has 0 radical (unpaired) electrons. The van der Waals surface area contributed by atoms with Crippen molar-refractivity contribution in [1.29, 1.82) is 0 Å². The molecule has 2 aromatic carbocycles. The number of carbonyl (C=O) groups is 3. The molecule has 0 unspecified atom stereocenters. The van der Waals surface area contributed by atoms with Gasteiger partial charge in [0.05, 0.1) is 27.7 Å². The van der Waals surface area contributed by atoms with Crippen LogP contribution in [0.15, 0.2) is 30.0 Å². The van der Waals surface area contributed by atoms with Crippen LogP contribution in [0.4, 0.5) is 4.79 Å². The topological polar surface area (TPSA) is 72.9 Å². The van der Waals surface area contributed by atoms with Crippen molar-refractivity contribution in [2.45, 2.75) is 0 Å². The normalized spacial score (nSPS) is 13.0. The van der Waals surface area contributed by atoms with Gasteiger partial charge in [-0.1, -0.05) is 34.8 Å². The third-order valence-corrected chi connectivity index (χ3v) is 9.42. The predicted octanol–water partition coefficient (Wildman–Crippen LogP) is 7.51. The Morgan fingerprint density at radius 1 is 0.867 bits per heavy atom. The zero-order valence-corrected chi connectivity index (χ0v) is 22.8. The summed E-state index contributed by atoms with van der Waals surface area (Å²) in [5, 5.41) is 0.318. The highest BCUT2D eigenvalue weighted by atomic mass is 79.9. The van der Waals surface area contributed by atoms with Gasteiger partial charge in [-0.2, -0.15) is 0 Å². The van der Waals surface area contributed by atoms with Gasteiger partial charge in [0.25, 0.3) is 11.8 Å². The molecule has 2 aromatic rings. The molecule has 30 heavy (non-hydrogen) atoms. The Morgan fingerprint density at radius 3 is 1.80 bits per heavy atom. The molecule has 0 N–H and O–H groups in total. The van der Waals surface area contributed by atoms with Crippen LogP contribution in [0.2, 0.25) is 15.1 Å². The van der Waals surface area contributed by atoms with Gasteiger partial charge in [0.1, 0.15) is 6.61 Å². The lowest BCUT2D eigenvalue weighted by Gasteiger charge is -2.14. The van der Waals surface area contributed by atoms with Crippen LogP contribution in [0, 0.1) is 0 Å². The highest BCUT2D eigenvalue weighted by Crippen LogP contribution is 2.45. The first-order valence-electron chi connectivity index (χ1n) is 7.75. The molecule has 0 atom stereocenters. The fraction of sp³-hybridized carbons (Fsp3) is 0.118. The maximum Gasteiger partial charge on any atom is 0.514 e. The van der Waals surface area contributed by atoms with Gasteiger partial charge in [0.2, 0.25) is 0 Å². The van der Waals surface area contributed by atoms with E-state index < -0.39 is 18.0 Å². The fourth-order valence-corrected chi connectivity index (χ4v) is 5.91. The van der Waals surface area contributed by atoms with E-state index in [1.54, 1.807) is 0 Å². The van der Waals surface area contributed by atoms with Crippen molar-refractivity contribution in [1.82, 2.24) is 4.90 Å². The summed E-state index contributed by atoms with van der Waals surface area (Å²) in [7, 11) is 0. The third kappa shape index (κ3) is 4.55. The smallest absolute Gasteiger partial charge is 0.432 e. The van der Waals surface area contributed by atoms with Crippen molar-refractivity contribution in [3.8, 4) is 5.75 Å². The molecule has 1 heterocycles. The van der Waals surface area contributed by atoms with Gasteiger partial charge in [0.15, 0.2) is 5.75 Å². The lowest BCUT2D eigenvalue weighted by atomic mass is 10.1. The second-order valence-electron chi connectivity index (χ2n) is 5.67. The quantitative estimate of drug-likeness (QED) is 0.107. The Morgan fingerprint density at radius 2 is 1.33 bits per heavy atom. The van der Waals surface area contributed by atoms with Gasteiger partial charge < -0.3 is 9.47 Å². The van der Waals surface area contributed by atoms with Crippen LogP contribution < -0.4 is 4.74 Å². The molecular weight excluding hydrogens is 724 g/mol.